The first-order valence-corrected chi connectivity index (χ1v) is 12.0. The van der Waals surface area contributed by atoms with Crippen molar-refractivity contribution in [3.63, 3.8) is 0 Å². The van der Waals surface area contributed by atoms with Gasteiger partial charge in [0.15, 0.2) is 0 Å². The molecule has 170 valence electrons. The van der Waals surface area contributed by atoms with Crippen LogP contribution in [0.5, 0.6) is 0 Å². The molecule has 4 rings (SSSR count). The van der Waals surface area contributed by atoms with E-state index in [-0.39, 0.29) is 24.3 Å². The van der Waals surface area contributed by atoms with Crippen molar-refractivity contribution in [2.75, 3.05) is 24.5 Å². The number of fused-ring (bicyclic) bond motifs is 2. The van der Waals surface area contributed by atoms with Crippen molar-refractivity contribution in [3.8, 4) is 0 Å². The van der Waals surface area contributed by atoms with Crippen LogP contribution in [-0.2, 0) is 11.3 Å². The van der Waals surface area contributed by atoms with Gasteiger partial charge in [-0.25, -0.2) is 4.79 Å². The van der Waals surface area contributed by atoms with Crippen LogP contribution in [0.3, 0.4) is 0 Å². The zero-order valence-electron chi connectivity index (χ0n) is 18.8. The fraction of sp³-hybridized carbons (Fsp3) is 0.458. The number of rotatable bonds is 5. The third kappa shape index (κ3) is 4.50. The molecular formula is C24H30N4O3S. The number of hydrogen-bond acceptors (Lipinski definition) is 4. The van der Waals surface area contributed by atoms with Crippen molar-refractivity contribution < 1.29 is 14.4 Å². The smallest absolute Gasteiger partial charge is 0.323 e. The Labute approximate surface area is 193 Å². The molecule has 1 saturated heterocycles. The number of aryl methyl sites for hydroxylation is 1. The summed E-state index contributed by atoms with van der Waals surface area (Å²) in [6, 6.07) is 9.59. The van der Waals surface area contributed by atoms with Gasteiger partial charge in [-0.05, 0) is 36.3 Å². The molecule has 32 heavy (non-hydrogen) atoms. The number of urea groups is 1. The highest BCUT2D eigenvalue weighted by Crippen LogP contribution is 2.36. The van der Waals surface area contributed by atoms with Gasteiger partial charge >= 0.3 is 6.03 Å². The maximum atomic E-state index is 13.4. The summed E-state index contributed by atoms with van der Waals surface area (Å²) in [5, 5.41) is 4.86. The van der Waals surface area contributed by atoms with Crippen LogP contribution < -0.4 is 10.2 Å². The van der Waals surface area contributed by atoms with Crippen LogP contribution in [0.15, 0.2) is 35.7 Å². The molecule has 7 nitrogen and oxygen atoms in total. The van der Waals surface area contributed by atoms with Gasteiger partial charge in [0.2, 0.25) is 5.91 Å². The van der Waals surface area contributed by atoms with Gasteiger partial charge in [-0.1, -0.05) is 43.7 Å². The van der Waals surface area contributed by atoms with E-state index in [1.54, 1.807) is 9.80 Å². The minimum atomic E-state index is -0.513. The number of anilines is 1. The van der Waals surface area contributed by atoms with E-state index in [1.807, 2.05) is 47.5 Å². The van der Waals surface area contributed by atoms with Crippen LogP contribution in [0.25, 0.3) is 0 Å². The van der Waals surface area contributed by atoms with Gasteiger partial charge in [0.25, 0.3) is 5.91 Å². The lowest BCUT2D eigenvalue weighted by Crippen LogP contribution is -2.61. The van der Waals surface area contributed by atoms with Gasteiger partial charge in [-0.15, -0.1) is 11.3 Å². The number of nitrogens with one attached hydrogen (secondary N) is 1. The Morgan fingerprint density at radius 1 is 1.19 bits per heavy atom. The van der Waals surface area contributed by atoms with E-state index in [2.05, 4.69) is 19.2 Å². The zero-order valence-corrected chi connectivity index (χ0v) is 19.7. The molecule has 1 aromatic heterocycles. The topological polar surface area (TPSA) is 73.0 Å². The molecule has 2 aliphatic heterocycles. The summed E-state index contributed by atoms with van der Waals surface area (Å²) < 4.78 is 0. The van der Waals surface area contributed by atoms with E-state index in [1.165, 1.54) is 11.3 Å². The summed E-state index contributed by atoms with van der Waals surface area (Å²) in [5.74, 6) is 0.407. The largest absolute Gasteiger partial charge is 0.339 e. The molecule has 1 fully saturated rings. The summed E-state index contributed by atoms with van der Waals surface area (Å²) in [6.07, 6.45) is 0.650. The van der Waals surface area contributed by atoms with Crippen molar-refractivity contribution in [1.82, 2.24) is 15.1 Å². The van der Waals surface area contributed by atoms with E-state index >= 15 is 0 Å². The number of carbonyl (C=O) groups excluding carboxylic acids is 3. The Morgan fingerprint density at radius 2 is 1.94 bits per heavy atom. The average molecular weight is 455 g/mol. The minimum Gasteiger partial charge on any atom is -0.339 e. The molecule has 0 radical (unpaired) electrons. The Kier molecular flexibility index (Phi) is 6.50. The van der Waals surface area contributed by atoms with E-state index in [4.69, 9.17) is 0 Å². The molecule has 4 amide bonds. The van der Waals surface area contributed by atoms with Crippen molar-refractivity contribution in [2.24, 2.45) is 5.92 Å². The normalized spacial score (nSPS) is 18.5. The molecule has 0 saturated carbocycles. The highest BCUT2D eigenvalue weighted by atomic mass is 32.1. The van der Waals surface area contributed by atoms with E-state index in [0.717, 1.165) is 17.5 Å². The Morgan fingerprint density at radius 3 is 2.66 bits per heavy atom. The average Bonchev–Trinajstić information content (AvgIpc) is 3.18. The Hall–Kier alpha value is -2.87. The van der Waals surface area contributed by atoms with Gasteiger partial charge in [-0.3, -0.25) is 14.5 Å². The lowest BCUT2D eigenvalue weighted by Gasteiger charge is -2.43. The molecule has 0 bridgehead atoms. The molecule has 1 N–H and O–H groups in total. The van der Waals surface area contributed by atoms with E-state index in [9.17, 15) is 14.4 Å². The predicted octanol–water partition coefficient (Wildman–Crippen LogP) is 3.83. The van der Waals surface area contributed by atoms with Crippen molar-refractivity contribution in [3.05, 3.63) is 51.7 Å². The second-order valence-corrected chi connectivity index (χ2v) is 9.82. The van der Waals surface area contributed by atoms with E-state index in [0.29, 0.717) is 42.7 Å². The summed E-state index contributed by atoms with van der Waals surface area (Å²) >= 11 is 1.34. The third-order valence-corrected chi connectivity index (χ3v) is 6.97. The van der Waals surface area contributed by atoms with Gasteiger partial charge in [-0.2, -0.15) is 0 Å². The second kappa shape index (κ2) is 9.32. The van der Waals surface area contributed by atoms with Gasteiger partial charge in [0.05, 0.1) is 12.2 Å². The molecule has 1 atom stereocenters. The Balaban J connectivity index is 1.60. The first kappa shape index (κ1) is 22.3. The van der Waals surface area contributed by atoms with E-state index < -0.39 is 6.17 Å². The van der Waals surface area contributed by atoms with Crippen molar-refractivity contribution in [2.45, 2.75) is 46.3 Å². The summed E-state index contributed by atoms with van der Waals surface area (Å²) in [4.78, 5) is 45.1. The number of hydrogen-bond donors (Lipinski definition) is 1. The second-order valence-electron chi connectivity index (χ2n) is 8.90. The summed E-state index contributed by atoms with van der Waals surface area (Å²) in [6.45, 7) is 7.95. The first-order chi connectivity index (χ1) is 15.3. The first-order valence-electron chi connectivity index (χ1n) is 11.1. The molecule has 0 spiro atoms. The monoisotopic (exact) mass is 454 g/mol. The molecule has 1 aromatic carbocycles. The molecule has 2 aliphatic rings. The molecule has 8 heteroatoms. The van der Waals surface area contributed by atoms with Crippen LogP contribution in [0.2, 0.25) is 0 Å². The fourth-order valence-electron chi connectivity index (χ4n) is 4.17. The van der Waals surface area contributed by atoms with Crippen molar-refractivity contribution in [1.29, 1.82) is 0 Å². The molecule has 2 aromatic rings. The maximum Gasteiger partial charge on any atom is 0.323 e. The third-order valence-electron chi connectivity index (χ3n) is 6.08. The van der Waals surface area contributed by atoms with Crippen molar-refractivity contribution >= 4 is 34.9 Å². The number of amides is 4. The van der Waals surface area contributed by atoms with Crippen LogP contribution in [-0.4, -0.2) is 53.4 Å². The number of thiophene rings is 1. The summed E-state index contributed by atoms with van der Waals surface area (Å²) in [7, 11) is 0. The number of benzene rings is 1. The van der Waals surface area contributed by atoms with Crippen LogP contribution >= 0.6 is 11.3 Å². The molecule has 3 heterocycles. The number of nitrogens with zero attached hydrogens (tertiary/aromatic N) is 3. The number of carbonyl (C=O) groups is 3. The summed E-state index contributed by atoms with van der Waals surface area (Å²) in [5.41, 5.74) is 2.80. The van der Waals surface area contributed by atoms with Crippen LogP contribution in [0.4, 0.5) is 10.5 Å². The fourth-order valence-corrected chi connectivity index (χ4v) is 5.00. The highest BCUT2D eigenvalue weighted by Gasteiger charge is 2.44. The highest BCUT2D eigenvalue weighted by molar-refractivity contribution is 7.12. The predicted molar refractivity (Wildman–Crippen MR) is 126 cm³/mol. The van der Waals surface area contributed by atoms with Gasteiger partial charge < -0.3 is 15.1 Å². The van der Waals surface area contributed by atoms with Crippen LogP contribution in [0.1, 0.15) is 47.5 Å². The molecule has 1 unspecified atom stereocenters. The zero-order chi connectivity index (χ0) is 22.8. The minimum absolute atomic E-state index is 0.0382. The lowest BCUT2D eigenvalue weighted by atomic mass is 10.1. The van der Waals surface area contributed by atoms with Gasteiger partial charge in [0, 0.05) is 26.1 Å². The molecule has 0 aliphatic carbocycles. The van der Waals surface area contributed by atoms with Gasteiger partial charge in [0.1, 0.15) is 11.0 Å². The maximum absolute atomic E-state index is 13.4. The molecular weight excluding hydrogens is 424 g/mol. The standard InChI is InChI=1S/C24H30N4O3S/c1-16(2)8-11-26-15-20-27(12-9-21(26)29)23(30)22-19(10-13-32-22)28(20)24(31)25-14-18-6-4-17(3)5-7-18/h4-7,10,13,16,20H,8-9,11-12,14-15H2,1-3H3,(H,25,31). The van der Waals surface area contributed by atoms with Crippen LogP contribution in [0, 0.1) is 12.8 Å². The Bertz CT molecular complexity index is 1000. The lowest BCUT2D eigenvalue weighted by molar-refractivity contribution is -0.130. The SMILES string of the molecule is Cc1ccc(CNC(=O)N2c3ccsc3C(=O)N3CCC(=O)N(CCC(C)C)CC32)cc1. The quantitative estimate of drug-likeness (QED) is 0.746.